The highest BCUT2D eigenvalue weighted by Gasteiger charge is 2.33. The van der Waals surface area contributed by atoms with Crippen molar-refractivity contribution in [2.24, 2.45) is 0 Å². The van der Waals surface area contributed by atoms with Gasteiger partial charge in [-0.25, -0.2) is 0 Å². The van der Waals surface area contributed by atoms with E-state index in [0.717, 1.165) is 11.6 Å². The van der Waals surface area contributed by atoms with Gasteiger partial charge < -0.3 is 0 Å². The summed E-state index contributed by atoms with van der Waals surface area (Å²) in [7, 11) is 0. The number of H-pyrrole nitrogens is 1. The van der Waals surface area contributed by atoms with Crippen molar-refractivity contribution >= 4 is 0 Å². The molecule has 0 fully saturated rings. The Labute approximate surface area is 135 Å². The van der Waals surface area contributed by atoms with E-state index >= 15 is 0 Å². The Balaban J connectivity index is 2.01. The molecule has 0 spiro atoms. The van der Waals surface area contributed by atoms with Crippen LogP contribution in [0.1, 0.15) is 20.9 Å². The van der Waals surface area contributed by atoms with E-state index in [1.54, 1.807) is 25.1 Å². The van der Waals surface area contributed by atoms with Crippen molar-refractivity contribution in [1.82, 2.24) is 15.2 Å². The molecule has 3 aromatic rings. The Kier molecular flexibility index (Phi) is 2.86. The molecule has 118 valence electrons. The van der Waals surface area contributed by atoms with Crippen LogP contribution < -0.4 is 0 Å². The predicted molar refractivity (Wildman–Crippen MR) is 81.7 cm³/mol. The summed E-state index contributed by atoms with van der Waals surface area (Å²) in [5.74, 6) is 0. The first kappa shape index (κ1) is 11.9. The fraction of sp³-hybridized carbons (Fsp3) is 0.176. The minimum atomic E-state index is -4.51. The summed E-state index contributed by atoms with van der Waals surface area (Å²) in [6, 6.07) is 9.02. The van der Waals surface area contributed by atoms with Gasteiger partial charge in [-0.1, -0.05) is 24.3 Å². The fourth-order valence-corrected chi connectivity index (χ4v) is 2.34. The Morgan fingerprint density at radius 1 is 1.09 bits per heavy atom. The molecule has 0 amide bonds. The van der Waals surface area contributed by atoms with Crippen LogP contribution in [-0.4, -0.2) is 15.2 Å². The van der Waals surface area contributed by atoms with Crippen LogP contribution in [0, 0.1) is 13.8 Å². The van der Waals surface area contributed by atoms with Crippen LogP contribution in [0.15, 0.2) is 42.6 Å². The lowest BCUT2D eigenvalue weighted by Gasteiger charge is -2.09. The maximum atomic E-state index is 12.7. The molecule has 0 radical (unpaired) electrons. The molecule has 2 heterocycles. The fourth-order valence-electron chi connectivity index (χ4n) is 2.34. The van der Waals surface area contributed by atoms with E-state index in [2.05, 4.69) is 10.1 Å². The minimum Gasteiger partial charge on any atom is -0.273 e. The van der Waals surface area contributed by atoms with Gasteiger partial charge in [0.2, 0.25) is 0 Å². The Morgan fingerprint density at radius 3 is 2.48 bits per heavy atom. The molecule has 23 heavy (non-hydrogen) atoms. The van der Waals surface area contributed by atoms with Crippen LogP contribution in [0.25, 0.3) is 22.5 Å². The first-order chi connectivity index (χ1) is 12.1. The number of hydrogen-bond acceptors (Lipinski definition) is 2. The molecule has 3 rings (SSSR count). The number of rotatable bonds is 2. The average Bonchev–Trinajstić information content (AvgIpc) is 3.04. The summed E-state index contributed by atoms with van der Waals surface area (Å²) in [5.41, 5.74) is 1.45. The lowest BCUT2D eigenvalue weighted by Crippen LogP contribution is -2.04. The van der Waals surface area contributed by atoms with Crippen molar-refractivity contribution in [2.75, 3.05) is 0 Å². The third kappa shape index (κ3) is 2.97. The van der Waals surface area contributed by atoms with E-state index in [1.807, 2.05) is 5.10 Å². The van der Waals surface area contributed by atoms with Crippen molar-refractivity contribution < 1.29 is 17.3 Å². The molecule has 1 N–H and O–H groups in total. The van der Waals surface area contributed by atoms with Crippen LogP contribution >= 0.6 is 0 Å². The van der Waals surface area contributed by atoms with E-state index < -0.39 is 18.7 Å². The number of halogens is 3. The SMILES string of the molecule is [2H]C([2H])([2H])c1cccc(C)c1-c1ccc(-c2cc(C(F)(F)F)[nH]n2)nc1. The van der Waals surface area contributed by atoms with Gasteiger partial charge in [0.05, 0.1) is 5.69 Å². The van der Waals surface area contributed by atoms with E-state index in [0.29, 0.717) is 11.1 Å². The van der Waals surface area contributed by atoms with Gasteiger partial charge in [0.1, 0.15) is 11.4 Å². The highest BCUT2D eigenvalue weighted by atomic mass is 19.4. The number of pyridine rings is 1. The van der Waals surface area contributed by atoms with Gasteiger partial charge in [-0.15, -0.1) is 0 Å². The summed E-state index contributed by atoms with van der Waals surface area (Å²) in [6.07, 6.45) is -3.07. The zero-order valence-electron chi connectivity index (χ0n) is 15.1. The molecule has 0 saturated carbocycles. The van der Waals surface area contributed by atoms with Gasteiger partial charge in [-0.05, 0) is 42.6 Å². The van der Waals surface area contributed by atoms with Gasteiger partial charge in [-0.2, -0.15) is 18.3 Å². The largest absolute Gasteiger partial charge is 0.432 e. The molecule has 2 aromatic heterocycles. The topological polar surface area (TPSA) is 41.6 Å². The molecule has 3 nitrogen and oxygen atoms in total. The summed E-state index contributed by atoms with van der Waals surface area (Å²) in [4.78, 5) is 4.15. The average molecular weight is 320 g/mol. The number of aryl methyl sites for hydroxylation is 2. The molecule has 0 aliphatic carbocycles. The molecular weight excluding hydrogens is 303 g/mol. The van der Waals surface area contributed by atoms with Crippen LogP contribution in [0.3, 0.4) is 0 Å². The second-order valence-corrected chi connectivity index (χ2v) is 5.09. The van der Waals surface area contributed by atoms with Crippen molar-refractivity contribution in [3.05, 3.63) is 59.4 Å². The molecule has 0 bridgehead atoms. The van der Waals surface area contributed by atoms with Crippen LogP contribution in [0.5, 0.6) is 0 Å². The third-order valence-electron chi connectivity index (χ3n) is 3.47. The summed E-state index contributed by atoms with van der Waals surface area (Å²) in [6.45, 7) is -0.494. The summed E-state index contributed by atoms with van der Waals surface area (Å²) < 4.78 is 61.0. The minimum absolute atomic E-state index is 0.0599. The van der Waals surface area contributed by atoms with Gasteiger partial charge in [0.15, 0.2) is 0 Å². The monoisotopic (exact) mass is 320 g/mol. The molecule has 0 saturated heterocycles. The van der Waals surface area contributed by atoms with E-state index in [1.165, 1.54) is 18.3 Å². The Hall–Kier alpha value is -2.63. The Bertz CT molecular complexity index is 929. The van der Waals surface area contributed by atoms with Crippen LogP contribution in [0.4, 0.5) is 13.2 Å². The van der Waals surface area contributed by atoms with Gasteiger partial charge in [0, 0.05) is 15.9 Å². The number of aromatic amines is 1. The number of benzene rings is 1. The Morgan fingerprint density at radius 2 is 1.87 bits per heavy atom. The zero-order chi connectivity index (χ0) is 19.1. The molecule has 0 aliphatic heterocycles. The standard InChI is InChI=1S/C17H14F3N3/c1-10-4-3-5-11(2)16(10)12-6-7-13(21-9-12)14-8-15(23-22-14)17(18,19)20/h3-9H,1-2H3,(H,22,23)/i1D3. The maximum Gasteiger partial charge on any atom is 0.432 e. The second kappa shape index (κ2) is 5.53. The molecule has 1 aromatic carbocycles. The van der Waals surface area contributed by atoms with Crippen LogP contribution in [-0.2, 0) is 6.18 Å². The normalized spacial score (nSPS) is 14.2. The van der Waals surface area contributed by atoms with Crippen molar-refractivity contribution in [2.45, 2.75) is 20.0 Å². The van der Waals surface area contributed by atoms with Crippen LogP contribution in [0.2, 0.25) is 0 Å². The first-order valence-corrected chi connectivity index (χ1v) is 6.77. The number of nitrogens with one attached hydrogen (secondary N) is 1. The van der Waals surface area contributed by atoms with Crippen molar-refractivity contribution in [3.63, 3.8) is 0 Å². The van der Waals surface area contributed by atoms with E-state index in [4.69, 9.17) is 4.11 Å². The summed E-state index contributed by atoms with van der Waals surface area (Å²) >= 11 is 0. The number of hydrogen-bond donors (Lipinski definition) is 1. The smallest absolute Gasteiger partial charge is 0.273 e. The zero-order valence-corrected chi connectivity index (χ0v) is 12.1. The van der Waals surface area contributed by atoms with Gasteiger partial charge >= 0.3 is 6.18 Å². The quantitative estimate of drug-likeness (QED) is 0.738. The van der Waals surface area contributed by atoms with Crippen molar-refractivity contribution in [1.29, 1.82) is 0 Å². The highest BCUT2D eigenvalue weighted by molar-refractivity contribution is 5.71. The highest BCUT2D eigenvalue weighted by Crippen LogP contribution is 2.31. The first-order valence-electron chi connectivity index (χ1n) is 8.27. The van der Waals surface area contributed by atoms with Crippen molar-refractivity contribution in [3.8, 4) is 22.5 Å². The molecule has 0 unspecified atom stereocenters. The van der Waals surface area contributed by atoms with Gasteiger partial charge in [0.25, 0.3) is 0 Å². The second-order valence-electron chi connectivity index (χ2n) is 5.09. The lowest BCUT2D eigenvalue weighted by molar-refractivity contribution is -0.141. The summed E-state index contributed by atoms with van der Waals surface area (Å²) in [5, 5.41) is 5.57. The number of nitrogens with zero attached hydrogens (tertiary/aromatic N) is 2. The van der Waals surface area contributed by atoms with E-state index in [-0.39, 0.29) is 17.0 Å². The van der Waals surface area contributed by atoms with E-state index in [9.17, 15) is 13.2 Å². The van der Waals surface area contributed by atoms with Gasteiger partial charge in [-0.3, -0.25) is 10.1 Å². The number of alkyl halides is 3. The molecular formula is C17H14F3N3. The molecule has 0 atom stereocenters. The predicted octanol–water partition coefficient (Wildman–Crippen LogP) is 4.77. The molecule has 6 heteroatoms. The lowest BCUT2D eigenvalue weighted by atomic mass is 9.97. The maximum absolute atomic E-state index is 12.7. The third-order valence-corrected chi connectivity index (χ3v) is 3.47. The molecule has 0 aliphatic rings. The number of aromatic nitrogens is 3.